The highest BCUT2D eigenvalue weighted by atomic mass is 28.3. The predicted molar refractivity (Wildman–Crippen MR) is 121 cm³/mol. The average Bonchev–Trinajstić information content (AvgIpc) is 3.14. The lowest BCUT2D eigenvalue weighted by Gasteiger charge is -2.29. The maximum atomic E-state index is 6.14. The van der Waals surface area contributed by atoms with E-state index in [1.54, 1.807) is 0 Å². The molecule has 0 saturated heterocycles. The molecule has 2 heterocycles. The lowest BCUT2D eigenvalue weighted by atomic mass is 9.91. The molecular weight excluding hydrogens is 376 g/mol. The van der Waals surface area contributed by atoms with E-state index >= 15 is 0 Å². The number of benzene rings is 1. The fourth-order valence-corrected chi connectivity index (χ4v) is 4.69. The first-order valence-corrected chi connectivity index (χ1v) is 14.4. The summed E-state index contributed by atoms with van der Waals surface area (Å²) in [5.41, 5.74) is 4.61. The fraction of sp³-hybridized carbons (Fsp3) is 0.478. The molecule has 2 atom stereocenters. The Bertz CT molecular complexity index is 916. The zero-order chi connectivity index (χ0) is 20.3. The normalized spacial score (nSPS) is 18.0. The zero-order valence-corrected chi connectivity index (χ0v) is 18.7. The first-order chi connectivity index (χ1) is 14.0. The molecule has 1 aromatic carbocycles. The van der Waals surface area contributed by atoms with Crippen molar-refractivity contribution in [3.8, 4) is 0 Å². The molecule has 2 aromatic heterocycles. The minimum Gasteiger partial charge on any atom is -0.380 e. The number of aromatic nitrogens is 3. The summed E-state index contributed by atoms with van der Waals surface area (Å²) < 4.78 is 6.14. The summed E-state index contributed by atoms with van der Waals surface area (Å²) in [6, 6.07) is 13.9. The van der Waals surface area contributed by atoms with Gasteiger partial charge in [-0.15, -0.1) is 0 Å². The summed E-state index contributed by atoms with van der Waals surface area (Å²) in [6.45, 7) is 8.58. The molecule has 0 amide bonds. The number of nitrogens with one attached hydrogen (secondary N) is 2. The van der Waals surface area contributed by atoms with E-state index in [1.807, 2.05) is 24.4 Å². The number of rotatable bonds is 8. The third kappa shape index (κ3) is 5.13. The molecule has 0 saturated carbocycles. The summed E-state index contributed by atoms with van der Waals surface area (Å²) in [7, 11) is -1.10. The number of ether oxygens (including phenoxy) is 1. The Kier molecular flexibility index (Phi) is 6.13. The monoisotopic (exact) mass is 408 g/mol. The maximum absolute atomic E-state index is 6.14. The topological polar surface area (TPSA) is 62.8 Å². The maximum Gasteiger partial charge on any atom is 0.126 e. The lowest BCUT2D eigenvalue weighted by Crippen LogP contribution is -2.33. The van der Waals surface area contributed by atoms with Crippen LogP contribution in [0.5, 0.6) is 0 Å². The molecule has 4 rings (SSSR count). The number of pyridine rings is 1. The Morgan fingerprint density at radius 2 is 2.07 bits per heavy atom. The second-order valence-corrected chi connectivity index (χ2v) is 14.9. The van der Waals surface area contributed by atoms with Crippen LogP contribution in [0.3, 0.4) is 0 Å². The first-order valence-electron chi connectivity index (χ1n) is 10.7. The Balaban J connectivity index is 1.53. The number of nitrogens with zero attached hydrogens (tertiary/aromatic N) is 2. The van der Waals surface area contributed by atoms with E-state index in [9.17, 15) is 0 Å². The minimum absolute atomic E-state index is 0.0157. The number of para-hydroxylation sites is 2. The van der Waals surface area contributed by atoms with Gasteiger partial charge in [0.25, 0.3) is 0 Å². The van der Waals surface area contributed by atoms with Gasteiger partial charge in [-0.1, -0.05) is 37.8 Å². The molecule has 1 aliphatic carbocycles. The Morgan fingerprint density at radius 1 is 1.21 bits per heavy atom. The largest absolute Gasteiger partial charge is 0.380 e. The van der Waals surface area contributed by atoms with E-state index < -0.39 is 8.07 Å². The molecule has 0 fully saturated rings. The number of hydrogen-bond acceptors (Lipinski definition) is 4. The van der Waals surface area contributed by atoms with Crippen LogP contribution < -0.4 is 5.32 Å². The molecule has 5 nitrogen and oxygen atoms in total. The summed E-state index contributed by atoms with van der Waals surface area (Å²) in [5.74, 6) is 0.947. The third-order valence-corrected chi connectivity index (χ3v) is 7.32. The standard InChI is InChI=1S/C23H32N4OSi/c1-29(2,3)15-14-28-16-21(23-26-18-10-4-5-11-19(18)27-23)25-20-12-6-8-17-9-7-13-24-22(17)20/h4-5,7,9-11,13,20-21,25H,6,8,12,14-16H2,1-3H3,(H,26,27). The van der Waals surface area contributed by atoms with Crippen LogP contribution in [-0.2, 0) is 11.2 Å². The third-order valence-electron chi connectivity index (χ3n) is 5.62. The Morgan fingerprint density at radius 3 is 2.90 bits per heavy atom. The molecule has 29 heavy (non-hydrogen) atoms. The van der Waals surface area contributed by atoms with Crippen LogP contribution in [0.4, 0.5) is 0 Å². The van der Waals surface area contributed by atoms with Gasteiger partial charge in [-0.3, -0.25) is 10.3 Å². The highest BCUT2D eigenvalue weighted by Gasteiger charge is 2.26. The van der Waals surface area contributed by atoms with Gasteiger partial charge in [0, 0.05) is 20.9 Å². The molecular formula is C23H32N4OSi. The van der Waals surface area contributed by atoms with E-state index in [-0.39, 0.29) is 12.1 Å². The number of hydrogen-bond donors (Lipinski definition) is 2. The Hall–Kier alpha value is -2.02. The summed E-state index contributed by atoms with van der Waals surface area (Å²) in [4.78, 5) is 13.0. The van der Waals surface area contributed by atoms with Crippen LogP contribution in [0.1, 0.15) is 42.0 Å². The smallest absolute Gasteiger partial charge is 0.126 e. The highest BCUT2D eigenvalue weighted by molar-refractivity contribution is 6.76. The lowest BCUT2D eigenvalue weighted by molar-refractivity contribution is 0.114. The summed E-state index contributed by atoms with van der Waals surface area (Å²) >= 11 is 0. The fourth-order valence-electron chi connectivity index (χ4n) is 3.94. The number of aromatic amines is 1. The second kappa shape index (κ2) is 8.77. The highest BCUT2D eigenvalue weighted by Crippen LogP contribution is 2.30. The van der Waals surface area contributed by atoms with Crippen molar-refractivity contribution in [1.82, 2.24) is 20.3 Å². The predicted octanol–water partition coefficient (Wildman–Crippen LogP) is 5.02. The van der Waals surface area contributed by atoms with Gasteiger partial charge in [0.15, 0.2) is 0 Å². The molecule has 3 aromatic rings. The van der Waals surface area contributed by atoms with E-state index in [4.69, 9.17) is 14.7 Å². The number of imidazole rings is 1. The zero-order valence-electron chi connectivity index (χ0n) is 17.7. The average molecular weight is 409 g/mol. The number of aryl methyl sites for hydroxylation is 1. The van der Waals surface area contributed by atoms with Crippen molar-refractivity contribution in [2.24, 2.45) is 0 Å². The van der Waals surface area contributed by atoms with Gasteiger partial charge >= 0.3 is 0 Å². The van der Waals surface area contributed by atoms with Crippen LogP contribution in [0.25, 0.3) is 11.0 Å². The molecule has 0 bridgehead atoms. The van der Waals surface area contributed by atoms with Crippen LogP contribution in [0.15, 0.2) is 42.6 Å². The quantitative estimate of drug-likeness (QED) is 0.406. The van der Waals surface area contributed by atoms with Crippen molar-refractivity contribution in [3.63, 3.8) is 0 Å². The molecule has 0 spiro atoms. The molecule has 6 heteroatoms. The van der Waals surface area contributed by atoms with Gasteiger partial charge in [0.1, 0.15) is 5.82 Å². The molecule has 154 valence electrons. The SMILES string of the molecule is C[Si](C)(C)CCOCC(NC1CCCc2cccnc21)c1nc2ccccc2[nH]1. The van der Waals surface area contributed by atoms with Crippen LogP contribution in [-0.4, -0.2) is 36.2 Å². The van der Waals surface area contributed by atoms with Gasteiger partial charge in [-0.25, -0.2) is 4.98 Å². The number of H-pyrrole nitrogens is 1. The van der Waals surface area contributed by atoms with Gasteiger partial charge in [0.05, 0.1) is 35.4 Å². The van der Waals surface area contributed by atoms with E-state index in [0.29, 0.717) is 6.61 Å². The minimum atomic E-state index is -1.10. The van der Waals surface area contributed by atoms with Crippen LogP contribution in [0.2, 0.25) is 25.7 Å². The Labute approximate surface area is 174 Å². The van der Waals surface area contributed by atoms with Crippen molar-refractivity contribution in [2.45, 2.75) is 57.0 Å². The van der Waals surface area contributed by atoms with Crippen molar-refractivity contribution in [1.29, 1.82) is 0 Å². The van der Waals surface area contributed by atoms with E-state index in [1.165, 1.54) is 23.7 Å². The van der Waals surface area contributed by atoms with E-state index in [2.05, 4.69) is 48.1 Å². The van der Waals surface area contributed by atoms with Gasteiger partial charge in [-0.2, -0.15) is 0 Å². The van der Waals surface area contributed by atoms with E-state index in [0.717, 1.165) is 36.3 Å². The van der Waals surface area contributed by atoms with Gasteiger partial charge in [0.2, 0.25) is 0 Å². The molecule has 1 aliphatic rings. The summed E-state index contributed by atoms with van der Waals surface area (Å²) in [5, 5.41) is 3.82. The molecule has 0 radical (unpaired) electrons. The van der Waals surface area contributed by atoms with Crippen molar-refractivity contribution in [3.05, 3.63) is 59.7 Å². The van der Waals surface area contributed by atoms with Gasteiger partial charge in [-0.05, 0) is 49.1 Å². The van der Waals surface area contributed by atoms with Gasteiger partial charge < -0.3 is 9.72 Å². The molecule has 0 aliphatic heterocycles. The molecule has 2 unspecified atom stereocenters. The summed E-state index contributed by atoms with van der Waals surface area (Å²) in [6.07, 6.45) is 5.29. The first kappa shape index (κ1) is 20.3. The van der Waals surface area contributed by atoms with Crippen molar-refractivity contribution in [2.75, 3.05) is 13.2 Å². The van der Waals surface area contributed by atoms with Crippen molar-refractivity contribution >= 4 is 19.1 Å². The molecule has 2 N–H and O–H groups in total. The van der Waals surface area contributed by atoms with Crippen LogP contribution >= 0.6 is 0 Å². The van der Waals surface area contributed by atoms with Crippen LogP contribution in [0, 0.1) is 0 Å². The second-order valence-electron chi connectivity index (χ2n) is 9.24. The number of fused-ring (bicyclic) bond motifs is 2. The van der Waals surface area contributed by atoms with Crippen molar-refractivity contribution < 1.29 is 4.74 Å².